The Balaban J connectivity index is 1.87. The van der Waals surface area contributed by atoms with Crippen LogP contribution in [0.2, 0.25) is 0 Å². The smallest absolute Gasteiger partial charge is 0.335 e. The van der Waals surface area contributed by atoms with Gasteiger partial charge in [0.05, 0.1) is 5.56 Å². The number of carboxylic acid groups (broad SMARTS) is 1. The maximum absolute atomic E-state index is 10.9. The zero-order valence-corrected chi connectivity index (χ0v) is 13.9. The van der Waals surface area contributed by atoms with Crippen LogP contribution in [0, 0.1) is 0 Å². The summed E-state index contributed by atoms with van der Waals surface area (Å²) in [6.07, 6.45) is 2.47. The molecule has 1 aromatic rings. The van der Waals surface area contributed by atoms with Gasteiger partial charge in [-0.05, 0) is 50.5 Å². The maximum atomic E-state index is 10.9. The molecule has 0 spiro atoms. The summed E-state index contributed by atoms with van der Waals surface area (Å²) in [6, 6.07) is 7.26. The van der Waals surface area contributed by atoms with E-state index in [2.05, 4.69) is 23.1 Å². The Hall–Kier alpha value is -0.960. The number of carbonyl (C=O) groups is 1. The van der Waals surface area contributed by atoms with E-state index in [4.69, 9.17) is 5.11 Å². The van der Waals surface area contributed by atoms with Gasteiger partial charge in [0.2, 0.25) is 0 Å². The molecule has 4 nitrogen and oxygen atoms in total. The zero-order chi connectivity index (χ0) is 15.2. The van der Waals surface area contributed by atoms with E-state index >= 15 is 0 Å². The maximum Gasteiger partial charge on any atom is 0.335 e. The summed E-state index contributed by atoms with van der Waals surface area (Å²) in [4.78, 5) is 15.9. The Morgan fingerprint density at radius 1 is 1.10 bits per heavy atom. The molecule has 0 aliphatic carbocycles. The number of hydrogen-bond donors (Lipinski definition) is 1. The lowest BCUT2D eigenvalue weighted by atomic mass is 10.1. The van der Waals surface area contributed by atoms with Gasteiger partial charge in [-0.25, -0.2) is 4.79 Å². The molecule has 0 radical (unpaired) electrons. The van der Waals surface area contributed by atoms with E-state index in [1.807, 2.05) is 12.1 Å². The van der Waals surface area contributed by atoms with Crippen molar-refractivity contribution in [2.75, 3.05) is 45.8 Å². The third-order valence-corrected chi connectivity index (χ3v) is 4.74. The molecule has 1 fully saturated rings. The number of rotatable bonds is 5. The summed E-state index contributed by atoms with van der Waals surface area (Å²) in [7, 11) is 0.144. The molecule has 1 aliphatic heterocycles. The number of nitrogens with zero attached hydrogens (tertiary/aromatic N) is 2. The van der Waals surface area contributed by atoms with Gasteiger partial charge in [0.25, 0.3) is 0 Å². The molecule has 1 aromatic carbocycles. The highest BCUT2D eigenvalue weighted by atomic mass is 31.1. The highest BCUT2D eigenvalue weighted by molar-refractivity contribution is 7.55. The lowest BCUT2D eigenvalue weighted by Crippen LogP contribution is -2.30. The summed E-state index contributed by atoms with van der Waals surface area (Å²) in [5.41, 5.74) is 1.56. The third-order valence-electron chi connectivity index (χ3n) is 3.77. The predicted octanol–water partition coefficient (Wildman–Crippen LogP) is 2.59. The fourth-order valence-corrected chi connectivity index (χ4v) is 3.82. The average molecular weight is 308 g/mol. The fraction of sp³-hybridized carbons (Fsp3) is 0.562. The molecule has 1 aliphatic rings. The molecule has 5 heteroatoms. The molecular weight excluding hydrogens is 283 g/mol. The highest BCUT2D eigenvalue weighted by Crippen LogP contribution is 2.26. The Morgan fingerprint density at radius 2 is 1.71 bits per heavy atom. The minimum Gasteiger partial charge on any atom is -0.478 e. The van der Waals surface area contributed by atoms with Crippen LogP contribution in [0.5, 0.6) is 0 Å². The van der Waals surface area contributed by atoms with Crippen LogP contribution in [0.4, 0.5) is 0 Å². The number of hydrogen-bond acceptors (Lipinski definition) is 3. The number of benzene rings is 1. The first kappa shape index (κ1) is 16.4. The van der Waals surface area contributed by atoms with Crippen molar-refractivity contribution < 1.29 is 9.90 Å². The minimum absolute atomic E-state index is 0.144. The van der Waals surface area contributed by atoms with Crippen LogP contribution in [0.15, 0.2) is 24.3 Å². The van der Waals surface area contributed by atoms with Gasteiger partial charge in [0, 0.05) is 25.9 Å². The summed E-state index contributed by atoms with van der Waals surface area (Å²) in [5, 5.41) is 8.92. The summed E-state index contributed by atoms with van der Waals surface area (Å²) < 4.78 is 0. The van der Waals surface area contributed by atoms with E-state index in [0.29, 0.717) is 5.56 Å². The van der Waals surface area contributed by atoms with Gasteiger partial charge in [-0.15, -0.1) is 0 Å². The molecule has 21 heavy (non-hydrogen) atoms. The van der Waals surface area contributed by atoms with E-state index < -0.39 is 5.97 Å². The van der Waals surface area contributed by atoms with E-state index in [9.17, 15) is 4.79 Å². The molecule has 116 valence electrons. The normalized spacial score (nSPS) is 17.9. The Labute approximate surface area is 128 Å². The first-order valence-electron chi connectivity index (χ1n) is 7.46. The van der Waals surface area contributed by atoms with Crippen molar-refractivity contribution in [3.8, 4) is 0 Å². The average Bonchev–Trinajstić information content (AvgIpc) is 2.64. The van der Waals surface area contributed by atoms with Crippen LogP contribution in [-0.2, 0) is 6.54 Å². The van der Waals surface area contributed by atoms with Gasteiger partial charge in [-0.3, -0.25) is 9.80 Å². The topological polar surface area (TPSA) is 43.8 Å². The van der Waals surface area contributed by atoms with Crippen molar-refractivity contribution in [2.45, 2.75) is 13.0 Å². The van der Waals surface area contributed by atoms with Crippen molar-refractivity contribution in [3.63, 3.8) is 0 Å². The van der Waals surface area contributed by atoms with Crippen molar-refractivity contribution >= 4 is 13.9 Å². The SMILES string of the molecule is CP(C)CN1CCCN(Cc2ccc(C(=O)O)cc2)CC1. The summed E-state index contributed by atoms with van der Waals surface area (Å²) >= 11 is 0. The monoisotopic (exact) mass is 308 g/mol. The van der Waals surface area contributed by atoms with Gasteiger partial charge in [-0.1, -0.05) is 20.1 Å². The third kappa shape index (κ3) is 5.39. The van der Waals surface area contributed by atoms with Crippen LogP contribution < -0.4 is 0 Å². The molecule has 0 aromatic heterocycles. The summed E-state index contributed by atoms with van der Waals surface area (Å²) in [6.45, 7) is 10.2. The van der Waals surface area contributed by atoms with Crippen LogP contribution in [0.1, 0.15) is 22.3 Å². The van der Waals surface area contributed by atoms with E-state index in [1.54, 1.807) is 12.1 Å². The number of carboxylic acids is 1. The lowest BCUT2D eigenvalue weighted by Gasteiger charge is -2.23. The Bertz CT molecular complexity index is 462. The molecule has 0 unspecified atom stereocenters. The molecule has 2 rings (SSSR count). The fourth-order valence-electron chi connectivity index (χ4n) is 2.73. The Morgan fingerprint density at radius 3 is 2.33 bits per heavy atom. The van der Waals surface area contributed by atoms with Crippen molar-refractivity contribution in [1.29, 1.82) is 0 Å². The second kappa shape index (κ2) is 7.88. The standard InChI is InChI=1S/C16H25N2O2P/c1-21(2)13-18-9-3-8-17(10-11-18)12-14-4-6-15(7-5-14)16(19)20/h4-7H,3,8-13H2,1-2H3,(H,19,20). The van der Waals surface area contributed by atoms with Crippen molar-refractivity contribution in [2.24, 2.45) is 0 Å². The van der Waals surface area contributed by atoms with Crippen LogP contribution in [0.25, 0.3) is 0 Å². The van der Waals surface area contributed by atoms with Crippen LogP contribution in [-0.4, -0.2) is 66.7 Å². The largest absolute Gasteiger partial charge is 0.478 e. The van der Waals surface area contributed by atoms with E-state index in [-0.39, 0.29) is 7.92 Å². The molecule has 1 saturated heterocycles. The van der Waals surface area contributed by atoms with Gasteiger partial charge in [0.1, 0.15) is 0 Å². The van der Waals surface area contributed by atoms with Gasteiger partial charge in [-0.2, -0.15) is 0 Å². The van der Waals surface area contributed by atoms with Crippen LogP contribution >= 0.6 is 7.92 Å². The second-order valence-electron chi connectivity index (χ2n) is 5.97. The Kier molecular flexibility index (Phi) is 6.16. The predicted molar refractivity (Wildman–Crippen MR) is 88.5 cm³/mol. The summed E-state index contributed by atoms with van der Waals surface area (Å²) in [5.74, 6) is -0.859. The van der Waals surface area contributed by atoms with E-state index in [0.717, 1.165) is 26.2 Å². The molecule has 0 saturated carbocycles. The molecular formula is C16H25N2O2P. The molecule has 0 bridgehead atoms. The molecule has 0 amide bonds. The molecule has 0 atom stereocenters. The quantitative estimate of drug-likeness (QED) is 0.849. The second-order valence-corrected chi connectivity index (χ2v) is 8.41. The van der Waals surface area contributed by atoms with Gasteiger partial charge < -0.3 is 5.11 Å². The van der Waals surface area contributed by atoms with Crippen LogP contribution in [0.3, 0.4) is 0 Å². The van der Waals surface area contributed by atoms with E-state index in [1.165, 1.54) is 24.8 Å². The van der Waals surface area contributed by atoms with Gasteiger partial charge >= 0.3 is 5.97 Å². The number of aromatic carboxylic acids is 1. The highest BCUT2D eigenvalue weighted by Gasteiger charge is 2.15. The van der Waals surface area contributed by atoms with Crippen molar-refractivity contribution in [3.05, 3.63) is 35.4 Å². The zero-order valence-electron chi connectivity index (χ0n) is 13.0. The lowest BCUT2D eigenvalue weighted by molar-refractivity contribution is 0.0697. The first-order valence-corrected chi connectivity index (χ1v) is 9.88. The molecule has 1 heterocycles. The van der Waals surface area contributed by atoms with Gasteiger partial charge in [0.15, 0.2) is 0 Å². The minimum atomic E-state index is -0.859. The first-order chi connectivity index (χ1) is 10.0. The molecule has 1 N–H and O–H groups in total. The van der Waals surface area contributed by atoms with Crippen molar-refractivity contribution in [1.82, 2.24) is 9.80 Å².